The fourth-order valence-electron chi connectivity index (χ4n) is 5.47. The zero-order valence-corrected chi connectivity index (χ0v) is 24.0. The Kier molecular flexibility index (Phi) is 7.26. The molecule has 1 aliphatic heterocycles. The highest BCUT2D eigenvalue weighted by molar-refractivity contribution is 7.89. The van der Waals surface area contributed by atoms with Gasteiger partial charge in [-0.25, -0.2) is 12.8 Å². The number of benzene rings is 3. The van der Waals surface area contributed by atoms with E-state index in [-0.39, 0.29) is 37.0 Å². The predicted octanol–water partition coefficient (Wildman–Crippen LogP) is 5.30. The van der Waals surface area contributed by atoms with Gasteiger partial charge < -0.3 is 14.2 Å². The molecule has 10 heteroatoms. The van der Waals surface area contributed by atoms with Crippen molar-refractivity contribution in [3.05, 3.63) is 108 Å². The summed E-state index contributed by atoms with van der Waals surface area (Å²) in [5.74, 6) is 0.0378. The molecule has 3 heterocycles. The molecule has 1 amide bonds. The second-order valence-corrected chi connectivity index (χ2v) is 12.0. The SMILES string of the molecule is COc1ccc(-c2cc(C(=O)N3CCN(S(=O)(=O)c4cccc5cccnc45)CC3)c(C)n2-c2ccccc2F)cc1. The normalized spacial score (nSPS) is 14.3. The molecular weight excluding hydrogens is 555 g/mol. The van der Waals surface area contributed by atoms with Crippen LogP contribution in [0.25, 0.3) is 27.8 Å². The largest absolute Gasteiger partial charge is 0.497 e. The molecule has 8 nitrogen and oxygen atoms in total. The van der Waals surface area contributed by atoms with Crippen LogP contribution in [0.15, 0.2) is 96.0 Å². The highest BCUT2D eigenvalue weighted by Crippen LogP contribution is 2.33. The number of rotatable bonds is 6. The van der Waals surface area contributed by atoms with Crippen LogP contribution in [0.4, 0.5) is 4.39 Å². The summed E-state index contributed by atoms with van der Waals surface area (Å²) in [7, 11) is -2.23. The van der Waals surface area contributed by atoms with Gasteiger partial charge in [0.2, 0.25) is 10.0 Å². The molecule has 2 aromatic heterocycles. The van der Waals surface area contributed by atoms with E-state index in [1.165, 1.54) is 10.4 Å². The number of carbonyl (C=O) groups excluding carboxylic acids is 1. The van der Waals surface area contributed by atoms with Crippen LogP contribution >= 0.6 is 0 Å². The first-order chi connectivity index (χ1) is 20.3. The van der Waals surface area contributed by atoms with Gasteiger partial charge in [-0.1, -0.05) is 30.3 Å². The number of sulfonamides is 1. The summed E-state index contributed by atoms with van der Waals surface area (Å²) in [6.07, 6.45) is 1.58. The van der Waals surface area contributed by atoms with Gasteiger partial charge in [-0.05, 0) is 67.1 Å². The average molecular weight is 585 g/mol. The molecule has 5 aromatic rings. The Bertz CT molecular complexity index is 1890. The molecule has 42 heavy (non-hydrogen) atoms. The van der Waals surface area contributed by atoms with E-state index in [0.29, 0.717) is 33.9 Å². The van der Waals surface area contributed by atoms with Crippen LogP contribution in [0.5, 0.6) is 5.75 Å². The molecule has 0 spiro atoms. The minimum Gasteiger partial charge on any atom is -0.497 e. The highest BCUT2D eigenvalue weighted by Gasteiger charge is 2.33. The van der Waals surface area contributed by atoms with E-state index in [9.17, 15) is 13.2 Å². The maximum absolute atomic E-state index is 15.0. The van der Waals surface area contributed by atoms with Gasteiger partial charge in [-0.2, -0.15) is 4.31 Å². The number of para-hydroxylation sites is 2. The lowest BCUT2D eigenvalue weighted by Crippen LogP contribution is -2.50. The van der Waals surface area contributed by atoms with E-state index in [1.54, 1.807) is 72.2 Å². The molecule has 6 rings (SSSR count). The molecule has 0 aliphatic carbocycles. The van der Waals surface area contributed by atoms with Gasteiger partial charge in [0, 0.05) is 43.5 Å². The fraction of sp³-hybridized carbons (Fsp3) is 0.188. The van der Waals surface area contributed by atoms with Gasteiger partial charge >= 0.3 is 0 Å². The van der Waals surface area contributed by atoms with E-state index in [2.05, 4.69) is 4.98 Å². The number of hydrogen-bond acceptors (Lipinski definition) is 5. The second-order valence-electron chi connectivity index (χ2n) is 10.1. The van der Waals surface area contributed by atoms with Gasteiger partial charge in [0.25, 0.3) is 5.91 Å². The molecule has 1 aliphatic rings. The monoisotopic (exact) mass is 584 g/mol. The van der Waals surface area contributed by atoms with E-state index in [4.69, 9.17) is 4.74 Å². The Morgan fingerprint density at radius 1 is 0.905 bits per heavy atom. The summed E-state index contributed by atoms with van der Waals surface area (Å²) in [4.78, 5) is 20.0. The number of nitrogens with zero attached hydrogens (tertiary/aromatic N) is 4. The molecular formula is C32H29FN4O4S. The highest BCUT2D eigenvalue weighted by atomic mass is 32.2. The van der Waals surface area contributed by atoms with Crippen molar-refractivity contribution in [3.8, 4) is 22.7 Å². The standard InChI is InChI=1S/C32H29FN4O4S/c1-22-26(21-29(23-12-14-25(41-2)15-13-23)37(22)28-10-4-3-9-27(28)33)32(38)35-17-19-36(20-18-35)42(39,40)30-11-5-7-24-8-6-16-34-31(24)30/h3-16,21H,17-20H2,1-2H3. The van der Waals surface area contributed by atoms with Gasteiger partial charge in [0.1, 0.15) is 16.5 Å². The number of methoxy groups -OCH3 is 1. The minimum atomic E-state index is -3.82. The van der Waals surface area contributed by atoms with Crippen LogP contribution in [0.2, 0.25) is 0 Å². The number of carbonyl (C=O) groups is 1. The quantitative estimate of drug-likeness (QED) is 0.271. The average Bonchev–Trinajstić information content (AvgIpc) is 3.37. The van der Waals surface area contributed by atoms with E-state index >= 15 is 4.39 Å². The van der Waals surface area contributed by atoms with E-state index in [1.807, 2.05) is 36.4 Å². The summed E-state index contributed by atoms with van der Waals surface area (Å²) in [5.41, 5.74) is 3.23. The predicted molar refractivity (Wildman–Crippen MR) is 159 cm³/mol. The Hall–Kier alpha value is -4.54. The number of aromatic nitrogens is 2. The third-order valence-corrected chi connectivity index (χ3v) is 9.63. The fourth-order valence-corrected chi connectivity index (χ4v) is 7.05. The van der Waals surface area contributed by atoms with Crippen molar-refractivity contribution in [2.45, 2.75) is 11.8 Å². The first-order valence-corrected chi connectivity index (χ1v) is 15.0. The summed E-state index contributed by atoms with van der Waals surface area (Å²) in [6, 6.07) is 24.3. The van der Waals surface area contributed by atoms with E-state index in [0.717, 1.165) is 10.9 Å². The van der Waals surface area contributed by atoms with Crippen LogP contribution in [0, 0.1) is 12.7 Å². The molecule has 3 aromatic carbocycles. The molecule has 0 atom stereocenters. The van der Waals surface area contributed by atoms with Crippen molar-refractivity contribution in [2.75, 3.05) is 33.3 Å². The van der Waals surface area contributed by atoms with Crippen molar-refractivity contribution in [2.24, 2.45) is 0 Å². The van der Waals surface area contributed by atoms with Gasteiger partial charge in [-0.15, -0.1) is 0 Å². The van der Waals surface area contributed by atoms with Crippen LogP contribution in [0.3, 0.4) is 0 Å². The van der Waals surface area contributed by atoms with Gasteiger partial charge in [0.15, 0.2) is 0 Å². The molecule has 0 unspecified atom stereocenters. The lowest BCUT2D eigenvalue weighted by molar-refractivity contribution is 0.0697. The van der Waals surface area contributed by atoms with E-state index < -0.39 is 15.8 Å². The van der Waals surface area contributed by atoms with Crippen molar-refractivity contribution in [1.82, 2.24) is 18.8 Å². The maximum Gasteiger partial charge on any atom is 0.255 e. The number of hydrogen-bond donors (Lipinski definition) is 0. The van der Waals surface area contributed by atoms with Crippen molar-refractivity contribution in [1.29, 1.82) is 0 Å². The van der Waals surface area contributed by atoms with Gasteiger partial charge in [0.05, 0.1) is 29.6 Å². The third kappa shape index (κ3) is 4.82. The Balaban J connectivity index is 1.30. The minimum absolute atomic E-state index is 0.149. The van der Waals surface area contributed by atoms with Crippen molar-refractivity contribution in [3.63, 3.8) is 0 Å². The molecule has 0 bridgehead atoms. The number of amides is 1. The maximum atomic E-state index is 15.0. The topological polar surface area (TPSA) is 84.7 Å². The first-order valence-electron chi connectivity index (χ1n) is 13.5. The zero-order valence-electron chi connectivity index (χ0n) is 23.2. The zero-order chi connectivity index (χ0) is 29.4. The smallest absolute Gasteiger partial charge is 0.255 e. The molecule has 0 saturated carbocycles. The number of piperazine rings is 1. The summed E-state index contributed by atoms with van der Waals surface area (Å²) in [5, 5.41) is 0.745. The lowest BCUT2D eigenvalue weighted by atomic mass is 10.1. The Morgan fingerprint density at radius 3 is 2.33 bits per heavy atom. The molecule has 0 radical (unpaired) electrons. The molecule has 1 saturated heterocycles. The summed E-state index contributed by atoms with van der Waals surface area (Å²) >= 11 is 0. The van der Waals surface area contributed by atoms with Crippen molar-refractivity contribution >= 4 is 26.8 Å². The van der Waals surface area contributed by atoms with Crippen LogP contribution in [-0.2, 0) is 10.0 Å². The Morgan fingerprint density at radius 2 is 1.62 bits per heavy atom. The lowest BCUT2D eigenvalue weighted by Gasteiger charge is -2.34. The number of halogens is 1. The second kappa shape index (κ2) is 11.0. The molecule has 1 fully saturated rings. The van der Waals surface area contributed by atoms with Crippen molar-refractivity contribution < 1.29 is 22.3 Å². The van der Waals surface area contributed by atoms with Crippen LogP contribution in [-0.4, -0.2) is 66.4 Å². The number of fused-ring (bicyclic) bond motifs is 1. The number of ether oxygens (including phenoxy) is 1. The Labute approximate surface area is 243 Å². The summed E-state index contributed by atoms with van der Waals surface area (Å²) < 4.78 is 50.6. The molecule has 214 valence electrons. The van der Waals surface area contributed by atoms with Crippen LogP contribution < -0.4 is 4.74 Å². The first kappa shape index (κ1) is 27.6. The summed E-state index contributed by atoms with van der Waals surface area (Å²) in [6.45, 7) is 2.53. The number of pyridine rings is 1. The molecule has 0 N–H and O–H groups in total. The third-order valence-electron chi connectivity index (χ3n) is 7.70. The van der Waals surface area contributed by atoms with Gasteiger partial charge in [-0.3, -0.25) is 9.78 Å². The van der Waals surface area contributed by atoms with Crippen LogP contribution in [0.1, 0.15) is 16.1 Å².